The summed E-state index contributed by atoms with van der Waals surface area (Å²) in [5.74, 6) is -1.76. The van der Waals surface area contributed by atoms with Crippen LogP contribution in [0, 0.1) is 0 Å². The van der Waals surface area contributed by atoms with E-state index < -0.39 is 17.7 Å². The Bertz CT molecular complexity index is 479. The molecular weight excluding hydrogens is 283 g/mol. The quantitative estimate of drug-likeness (QED) is 0.858. The maximum absolute atomic E-state index is 12.4. The molecule has 0 N–H and O–H groups in total. The van der Waals surface area contributed by atoms with Crippen LogP contribution < -0.4 is 0 Å². The Kier molecular flexibility index (Phi) is 4.56. The summed E-state index contributed by atoms with van der Waals surface area (Å²) in [7, 11) is 0. The SMILES string of the molecule is CC1(OCc2ccccc2)CCN(C(=O)C(F)(F)F)CC1. The lowest BCUT2D eigenvalue weighted by Gasteiger charge is -2.39. The Morgan fingerprint density at radius 3 is 2.33 bits per heavy atom. The van der Waals surface area contributed by atoms with Crippen molar-refractivity contribution < 1.29 is 22.7 Å². The standard InChI is InChI=1S/C15H18F3NO2/c1-14(21-11-12-5-3-2-4-6-12)7-9-19(10-8-14)13(20)15(16,17)18/h2-6H,7-11H2,1H3. The van der Waals surface area contributed by atoms with Crippen LogP contribution in [0.1, 0.15) is 25.3 Å². The number of halogens is 3. The molecule has 0 radical (unpaired) electrons. The topological polar surface area (TPSA) is 29.5 Å². The third-order valence-corrected chi connectivity index (χ3v) is 3.78. The van der Waals surface area contributed by atoms with E-state index in [2.05, 4.69) is 0 Å². The smallest absolute Gasteiger partial charge is 0.370 e. The molecule has 0 aromatic heterocycles. The summed E-state index contributed by atoms with van der Waals surface area (Å²) in [4.78, 5) is 12.0. The van der Waals surface area contributed by atoms with Gasteiger partial charge in [0.1, 0.15) is 0 Å². The second-order valence-corrected chi connectivity index (χ2v) is 5.51. The van der Waals surface area contributed by atoms with Crippen LogP contribution in [-0.4, -0.2) is 35.7 Å². The van der Waals surface area contributed by atoms with Gasteiger partial charge in [0.15, 0.2) is 0 Å². The van der Waals surface area contributed by atoms with Crippen LogP contribution in [0.25, 0.3) is 0 Å². The first kappa shape index (κ1) is 15.8. The third-order valence-electron chi connectivity index (χ3n) is 3.78. The van der Waals surface area contributed by atoms with Crippen molar-refractivity contribution in [2.45, 2.75) is 38.1 Å². The highest BCUT2D eigenvalue weighted by molar-refractivity contribution is 5.81. The number of ether oxygens (including phenoxy) is 1. The van der Waals surface area contributed by atoms with Crippen molar-refractivity contribution >= 4 is 5.91 Å². The second-order valence-electron chi connectivity index (χ2n) is 5.51. The molecule has 1 aromatic rings. The van der Waals surface area contributed by atoms with Crippen molar-refractivity contribution in [3.63, 3.8) is 0 Å². The number of likely N-dealkylation sites (tertiary alicyclic amines) is 1. The minimum atomic E-state index is -4.79. The molecule has 1 amide bonds. The van der Waals surface area contributed by atoms with Crippen molar-refractivity contribution in [2.75, 3.05) is 13.1 Å². The van der Waals surface area contributed by atoms with Gasteiger partial charge in [-0.2, -0.15) is 13.2 Å². The van der Waals surface area contributed by atoms with E-state index in [1.807, 2.05) is 37.3 Å². The minimum absolute atomic E-state index is 0.0730. The van der Waals surface area contributed by atoms with Crippen LogP contribution in [0.3, 0.4) is 0 Å². The van der Waals surface area contributed by atoms with Crippen LogP contribution in [0.5, 0.6) is 0 Å². The van der Waals surface area contributed by atoms with Crippen LogP contribution >= 0.6 is 0 Å². The number of amides is 1. The molecule has 0 atom stereocenters. The molecular formula is C15H18F3NO2. The molecule has 0 aliphatic carbocycles. The van der Waals surface area contributed by atoms with Crippen LogP contribution in [-0.2, 0) is 16.1 Å². The number of piperidine rings is 1. The number of rotatable bonds is 3. The molecule has 0 bridgehead atoms. The minimum Gasteiger partial charge on any atom is -0.370 e. The Balaban J connectivity index is 1.86. The third kappa shape index (κ3) is 4.20. The molecule has 1 aliphatic rings. The number of hydrogen-bond acceptors (Lipinski definition) is 2. The maximum Gasteiger partial charge on any atom is 0.471 e. The lowest BCUT2D eigenvalue weighted by Crippen LogP contribution is -2.50. The van der Waals surface area contributed by atoms with E-state index in [1.54, 1.807) is 0 Å². The highest BCUT2D eigenvalue weighted by atomic mass is 19.4. The van der Waals surface area contributed by atoms with E-state index in [1.165, 1.54) is 0 Å². The zero-order chi connectivity index (χ0) is 15.5. The van der Waals surface area contributed by atoms with Crippen molar-refractivity contribution in [1.82, 2.24) is 4.90 Å². The number of hydrogen-bond donors (Lipinski definition) is 0. The van der Waals surface area contributed by atoms with Crippen LogP contribution in [0.15, 0.2) is 30.3 Å². The van der Waals surface area contributed by atoms with Gasteiger partial charge in [0, 0.05) is 13.1 Å². The van der Waals surface area contributed by atoms with Crippen LogP contribution in [0.2, 0.25) is 0 Å². The highest BCUT2D eigenvalue weighted by Crippen LogP contribution is 2.29. The van der Waals surface area contributed by atoms with Gasteiger partial charge in [-0.1, -0.05) is 30.3 Å². The number of nitrogens with zero attached hydrogens (tertiary/aromatic N) is 1. The fraction of sp³-hybridized carbons (Fsp3) is 0.533. The van der Waals surface area contributed by atoms with Crippen molar-refractivity contribution in [1.29, 1.82) is 0 Å². The molecule has 6 heteroatoms. The van der Waals surface area contributed by atoms with E-state index in [4.69, 9.17) is 4.74 Å². The molecule has 0 spiro atoms. The summed E-state index contributed by atoms with van der Waals surface area (Å²) in [6.07, 6.45) is -3.98. The van der Waals surface area contributed by atoms with Crippen molar-refractivity contribution in [3.05, 3.63) is 35.9 Å². The highest BCUT2D eigenvalue weighted by Gasteiger charge is 2.44. The zero-order valence-electron chi connectivity index (χ0n) is 11.8. The fourth-order valence-electron chi connectivity index (χ4n) is 2.34. The predicted octanol–water partition coefficient (Wildman–Crippen LogP) is 3.15. The predicted molar refractivity (Wildman–Crippen MR) is 71.5 cm³/mol. The molecule has 0 saturated carbocycles. The second kappa shape index (κ2) is 6.05. The number of carbonyl (C=O) groups excluding carboxylic acids is 1. The van der Waals surface area contributed by atoms with Crippen molar-refractivity contribution in [2.24, 2.45) is 0 Å². The van der Waals surface area contributed by atoms with Crippen molar-refractivity contribution in [3.8, 4) is 0 Å². The van der Waals surface area contributed by atoms with Gasteiger partial charge in [0.2, 0.25) is 0 Å². The Morgan fingerprint density at radius 1 is 1.24 bits per heavy atom. The van der Waals surface area contributed by atoms with E-state index in [9.17, 15) is 18.0 Å². The molecule has 1 aromatic carbocycles. The summed E-state index contributed by atoms with van der Waals surface area (Å²) >= 11 is 0. The van der Waals surface area contributed by atoms with E-state index in [0.29, 0.717) is 19.4 Å². The summed E-state index contributed by atoms with van der Waals surface area (Å²) < 4.78 is 43.0. The first-order chi connectivity index (χ1) is 9.80. The molecule has 1 heterocycles. The van der Waals surface area contributed by atoms with Gasteiger partial charge in [-0.15, -0.1) is 0 Å². The molecule has 1 saturated heterocycles. The Labute approximate surface area is 121 Å². The zero-order valence-corrected chi connectivity index (χ0v) is 11.8. The van der Waals surface area contributed by atoms with Gasteiger partial charge < -0.3 is 9.64 Å². The first-order valence-corrected chi connectivity index (χ1v) is 6.84. The Hall–Kier alpha value is -1.56. The molecule has 1 aliphatic heterocycles. The largest absolute Gasteiger partial charge is 0.471 e. The number of benzene rings is 1. The molecule has 1 fully saturated rings. The molecule has 0 unspecified atom stereocenters. The van der Waals surface area contributed by atoms with Gasteiger partial charge in [-0.25, -0.2) is 0 Å². The fourth-order valence-corrected chi connectivity index (χ4v) is 2.34. The average molecular weight is 301 g/mol. The summed E-state index contributed by atoms with van der Waals surface area (Å²) in [5, 5.41) is 0. The van der Waals surface area contributed by atoms with Gasteiger partial charge >= 0.3 is 12.1 Å². The van der Waals surface area contributed by atoms with E-state index in [-0.39, 0.29) is 13.1 Å². The maximum atomic E-state index is 12.4. The lowest BCUT2D eigenvalue weighted by molar-refractivity contribution is -0.189. The van der Waals surface area contributed by atoms with E-state index in [0.717, 1.165) is 10.5 Å². The molecule has 2 rings (SSSR count). The molecule has 116 valence electrons. The molecule has 21 heavy (non-hydrogen) atoms. The van der Waals surface area contributed by atoms with Gasteiger partial charge in [0.25, 0.3) is 0 Å². The summed E-state index contributed by atoms with van der Waals surface area (Å²) in [6.45, 7) is 2.45. The summed E-state index contributed by atoms with van der Waals surface area (Å²) in [6, 6.07) is 9.60. The number of alkyl halides is 3. The first-order valence-electron chi connectivity index (χ1n) is 6.84. The van der Waals surface area contributed by atoms with Gasteiger partial charge in [0.05, 0.1) is 12.2 Å². The monoisotopic (exact) mass is 301 g/mol. The molecule has 3 nitrogen and oxygen atoms in total. The average Bonchev–Trinajstić information content (AvgIpc) is 2.46. The lowest BCUT2D eigenvalue weighted by atomic mass is 9.93. The number of carbonyl (C=O) groups is 1. The van der Waals surface area contributed by atoms with Crippen LogP contribution in [0.4, 0.5) is 13.2 Å². The Morgan fingerprint density at radius 2 is 1.81 bits per heavy atom. The van der Waals surface area contributed by atoms with Gasteiger partial charge in [-0.05, 0) is 25.3 Å². The van der Waals surface area contributed by atoms with E-state index >= 15 is 0 Å². The summed E-state index contributed by atoms with van der Waals surface area (Å²) in [5.41, 5.74) is 0.533. The normalized spacial score (nSPS) is 18.6. The van der Waals surface area contributed by atoms with Gasteiger partial charge in [-0.3, -0.25) is 4.79 Å².